The van der Waals surface area contributed by atoms with E-state index in [1.807, 2.05) is 7.05 Å². The van der Waals surface area contributed by atoms with Gasteiger partial charge in [-0.05, 0) is 31.4 Å². The van der Waals surface area contributed by atoms with Crippen LogP contribution in [-0.4, -0.2) is 13.7 Å². The molecule has 0 radical (unpaired) electrons. The molecule has 0 fully saturated rings. The normalized spacial score (nSPS) is 15.8. The van der Waals surface area contributed by atoms with Gasteiger partial charge in [-0.1, -0.05) is 32.0 Å². The Morgan fingerprint density at radius 1 is 1.29 bits per heavy atom. The summed E-state index contributed by atoms with van der Waals surface area (Å²) in [7, 11) is 2.04. The summed E-state index contributed by atoms with van der Waals surface area (Å²) in [6.07, 6.45) is 3.48. The molecule has 0 bridgehead atoms. The van der Waals surface area contributed by atoms with Crippen molar-refractivity contribution in [2.45, 2.75) is 39.2 Å². The van der Waals surface area contributed by atoms with Gasteiger partial charge in [0.05, 0.1) is 6.61 Å². The molecule has 2 heteroatoms. The van der Waals surface area contributed by atoms with Gasteiger partial charge in [0.2, 0.25) is 0 Å². The van der Waals surface area contributed by atoms with Crippen molar-refractivity contribution in [2.75, 3.05) is 13.7 Å². The van der Waals surface area contributed by atoms with E-state index in [2.05, 4.69) is 37.4 Å². The van der Waals surface area contributed by atoms with Crippen LogP contribution in [0, 0.1) is 5.92 Å². The number of hydrogen-bond acceptors (Lipinski definition) is 2. The summed E-state index contributed by atoms with van der Waals surface area (Å²) in [6, 6.07) is 6.96. The second kappa shape index (κ2) is 5.54. The molecular formula is C15H23NO. The molecule has 2 rings (SSSR count). The average molecular weight is 233 g/mol. The molecule has 1 unspecified atom stereocenters. The molecule has 1 aromatic carbocycles. The number of fused-ring (bicyclic) bond motifs is 1. The van der Waals surface area contributed by atoms with Crippen LogP contribution in [0.1, 0.15) is 43.9 Å². The number of benzene rings is 1. The van der Waals surface area contributed by atoms with Gasteiger partial charge in [0, 0.05) is 18.0 Å². The van der Waals surface area contributed by atoms with Gasteiger partial charge < -0.3 is 10.1 Å². The first-order chi connectivity index (χ1) is 8.22. The van der Waals surface area contributed by atoms with E-state index in [1.54, 1.807) is 0 Å². The van der Waals surface area contributed by atoms with Gasteiger partial charge in [0.1, 0.15) is 5.75 Å². The molecule has 0 saturated carbocycles. The van der Waals surface area contributed by atoms with Crippen molar-refractivity contribution < 1.29 is 4.74 Å². The highest BCUT2D eigenvalue weighted by Crippen LogP contribution is 2.35. The Morgan fingerprint density at radius 2 is 2.12 bits per heavy atom. The van der Waals surface area contributed by atoms with Crippen LogP contribution in [0.5, 0.6) is 5.75 Å². The van der Waals surface area contributed by atoms with Crippen molar-refractivity contribution in [3.63, 3.8) is 0 Å². The SMILES string of the molecule is CNC(CCC(C)C)c1cccc2c1OCC2. The van der Waals surface area contributed by atoms with Gasteiger partial charge in [-0.3, -0.25) is 0 Å². The van der Waals surface area contributed by atoms with E-state index in [4.69, 9.17) is 4.74 Å². The van der Waals surface area contributed by atoms with Crippen LogP contribution in [-0.2, 0) is 6.42 Å². The second-order valence-corrected chi connectivity index (χ2v) is 5.25. The highest BCUT2D eigenvalue weighted by molar-refractivity contribution is 5.45. The minimum atomic E-state index is 0.422. The van der Waals surface area contributed by atoms with Crippen LogP contribution in [0.15, 0.2) is 18.2 Å². The molecule has 0 aliphatic carbocycles. The van der Waals surface area contributed by atoms with Crippen molar-refractivity contribution >= 4 is 0 Å². The lowest BCUT2D eigenvalue weighted by Crippen LogP contribution is -2.17. The van der Waals surface area contributed by atoms with E-state index < -0.39 is 0 Å². The quantitative estimate of drug-likeness (QED) is 0.842. The number of ether oxygens (including phenoxy) is 1. The molecule has 0 spiro atoms. The minimum absolute atomic E-state index is 0.422. The molecule has 0 amide bonds. The highest BCUT2D eigenvalue weighted by Gasteiger charge is 2.21. The third-order valence-corrected chi connectivity index (χ3v) is 3.50. The lowest BCUT2D eigenvalue weighted by atomic mass is 9.95. The maximum absolute atomic E-state index is 5.78. The predicted molar refractivity (Wildman–Crippen MR) is 71.5 cm³/mol. The van der Waals surface area contributed by atoms with Crippen LogP contribution in [0.4, 0.5) is 0 Å². The van der Waals surface area contributed by atoms with Crippen molar-refractivity contribution in [3.8, 4) is 5.75 Å². The molecule has 1 N–H and O–H groups in total. The topological polar surface area (TPSA) is 21.3 Å². The summed E-state index contributed by atoms with van der Waals surface area (Å²) in [4.78, 5) is 0. The Bertz CT molecular complexity index is 373. The Kier molecular flexibility index (Phi) is 4.06. The summed E-state index contributed by atoms with van der Waals surface area (Å²) in [6.45, 7) is 5.39. The smallest absolute Gasteiger partial charge is 0.127 e. The number of hydrogen-bond donors (Lipinski definition) is 1. The van der Waals surface area contributed by atoms with E-state index >= 15 is 0 Å². The first-order valence-corrected chi connectivity index (χ1v) is 6.64. The monoisotopic (exact) mass is 233 g/mol. The molecular weight excluding hydrogens is 210 g/mol. The fourth-order valence-corrected chi connectivity index (χ4v) is 2.47. The Balaban J connectivity index is 2.16. The fourth-order valence-electron chi connectivity index (χ4n) is 2.47. The molecule has 94 valence electrons. The largest absolute Gasteiger partial charge is 0.493 e. The van der Waals surface area contributed by atoms with Gasteiger partial charge in [-0.2, -0.15) is 0 Å². The highest BCUT2D eigenvalue weighted by atomic mass is 16.5. The molecule has 1 aromatic rings. The predicted octanol–water partition coefficient (Wildman–Crippen LogP) is 3.32. The van der Waals surface area contributed by atoms with Crippen LogP contribution >= 0.6 is 0 Å². The Hall–Kier alpha value is -1.02. The summed E-state index contributed by atoms with van der Waals surface area (Å²) < 4.78 is 5.78. The zero-order valence-corrected chi connectivity index (χ0v) is 11.1. The summed E-state index contributed by atoms with van der Waals surface area (Å²) >= 11 is 0. The van der Waals surface area contributed by atoms with Crippen molar-refractivity contribution in [1.82, 2.24) is 5.32 Å². The summed E-state index contributed by atoms with van der Waals surface area (Å²) in [5.41, 5.74) is 2.70. The Morgan fingerprint density at radius 3 is 2.82 bits per heavy atom. The number of nitrogens with one attached hydrogen (secondary N) is 1. The van der Waals surface area contributed by atoms with Crippen molar-refractivity contribution in [2.24, 2.45) is 5.92 Å². The van der Waals surface area contributed by atoms with E-state index in [0.29, 0.717) is 6.04 Å². The van der Waals surface area contributed by atoms with Crippen molar-refractivity contribution in [3.05, 3.63) is 29.3 Å². The van der Waals surface area contributed by atoms with Crippen LogP contribution in [0.25, 0.3) is 0 Å². The third-order valence-electron chi connectivity index (χ3n) is 3.50. The van der Waals surface area contributed by atoms with Crippen LogP contribution < -0.4 is 10.1 Å². The van der Waals surface area contributed by atoms with E-state index in [9.17, 15) is 0 Å². The van der Waals surface area contributed by atoms with Gasteiger partial charge in [-0.15, -0.1) is 0 Å². The second-order valence-electron chi connectivity index (χ2n) is 5.25. The van der Waals surface area contributed by atoms with Gasteiger partial charge >= 0.3 is 0 Å². The minimum Gasteiger partial charge on any atom is -0.493 e. The number of para-hydroxylation sites is 1. The molecule has 1 aliphatic rings. The molecule has 2 nitrogen and oxygen atoms in total. The van der Waals surface area contributed by atoms with Crippen molar-refractivity contribution in [1.29, 1.82) is 0 Å². The van der Waals surface area contributed by atoms with E-state index in [-0.39, 0.29) is 0 Å². The Labute approximate surface area is 104 Å². The maximum atomic E-state index is 5.78. The molecule has 17 heavy (non-hydrogen) atoms. The molecule has 1 heterocycles. The lowest BCUT2D eigenvalue weighted by molar-refractivity contribution is 0.346. The summed E-state index contributed by atoms with van der Waals surface area (Å²) in [5.74, 6) is 1.89. The number of rotatable bonds is 5. The van der Waals surface area contributed by atoms with Gasteiger partial charge in [-0.25, -0.2) is 0 Å². The third kappa shape index (κ3) is 2.81. The maximum Gasteiger partial charge on any atom is 0.127 e. The molecule has 1 atom stereocenters. The lowest BCUT2D eigenvalue weighted by Gasteiger charge is -2.20. The first-order valence-electron chi connectivity index (χ1n) is 6.64. The van der Waals surface area contributed by atoms with Crippen LogP contribution in [0.2, 0.25) is 0 Å². The average Bonchev–Trinajstić information content (AvgIpc) is 2.78. The molecule has 0 aromatic heterocycles. The summed E-state index contributed by atoms with van der Waals surface area (Å²) in [5, 5.41) is 3.42. The van der Waals surface area contributed by atoms with E-state index in [1.165, 1.54) is 24.0 Å². The first kappa shape index (κ1) is 12.4. The standard InChI is InChI=1S/C15H23NO/c1-11(2)7-8-14(16-3)13-6-4-5-12-9-10-17-15(12)13/h4-6,11,14,16H,7-10H2,1-3H3. The zero-order chi connectivity index (χ0) is 12.3. The van der Waals surface area contributed by atoms with Gasteiger partial charge in [0.15, 0.2) is 0 Å². The van der Waals surface area contributed by atoms with Gasteiger partial charge in [0.25, 0.3) is 0 Å². The zero-order valence-electron chi connectivity index (χ0n) is 11.1. The molecule has 1 aliphatic heterocycles. The fraction of sp³-hybridized carbons (Fsp3) is 0.600. The molecule has 0 saturated heterocycles. The van der Waals surface area contributed by atoms with E-state index in [0.717, 1.165) is 24.7 Å². The van der Waals surface area contributed by atoms with Crippen LogP contribution in [0.3, 0.4) is 0 Å².